The number of anilines is 1. The number of nitrogens with one attached hydrogen (secondary N) is 1. The van der Waals surface area contributed by atoms with E-state index in [1.165, 1.54) is 24.3 Å². The second kappa shape index (κ2) is 6.17. The molecule has 120 valence electrons. The van der Waals surface area contributed by atoms with Gasteiger partial charge in [0.2, 0.25) is 0 Å². The smallest absolute Gasteiger partial charge is 0.335 e. The van der Waals surface area contributed by atoms with E-state index in [9.17, 15) is 19.5 Å². The van der Waals surface area contributed by atoms with E-state index in [2.05, 4.69) is 5.32 Å². The molecule has 0 atom stereocenters. The van der Waals surface area contributed by atoms with Gasteiger partial charge in [-0.15, -0.1) is 0 Å². The maximum absolute atomic E-state index is 12.6. The Morgan fingerprint density at radius 3 is 2.42 bits per heavy atom. The standard InChI is InChI=1S/C17H11ClN2O4/c18-13-9-10(6-7-14(13)21)8-12-15(22)19-17(24)20(16(12)23)11-4-2-1-3-5-11/h1-9,21H,(H,19,22,24)/b12-8+. The van der Waals surface area contributed by atoms with Gasteiger partial charge in [-0.2, -0.15) is 0 Å². The van der Waals surface area contributed by atoms with Crippen LogP contribution in [0.15, 0.2) is 54.1 Å². The van der Waals surface area contributed by atoms with Gasteiger partial charge in [-0.3, -0.25) is 14.9 Å². The second-order valence-corrected chi connectivity index (χ2v) is 5.41. The third kappa shape index (κ3) is 2.87. The molecule has 1 fully saturated rings. The molecule has 1 aliphatic rings. The lowest BCUT2D eigenvalue weighted by Gasteiger charge is -2.26. The van der Waals surface area contributed by atoms with Gasteiger partial charge in [0.25, 0.3) is 11.8 Å². The fourth-order valence-corrected chi connectivity index (χ4v) is 2.44. The van der Waals surface area contributed by atoms with Gasteiger partial charge in [0.1, 0.15) is 11.3 Å². The largest absolute Gasteiger partial charge is 0.506 e. The van der Waals surface area contributed by atoms with Crippen molar-refractivity contribution in [1.29, 1.82) is 0 Å². The Morgan fingerprint density at radius 1 is 1.04 bits per heavy atom. The summed E-state index contributed by atoms with van der Waals surface area (Å²) in [6, 6.07) is 11.7. The van der Waals surface area contributed by atoms with Gasteiger partial charge in [-0.25, -0.2) is 9.69 Å². The second-order valence-electron chi connectivity index (χ2n) is 5.00. The number of nitrogens with zero attached hydrogens (tertiary/aromatic N) is 1. The summed E-state index contributed by atoms with van der Waals surface area (Å²) in [5.74, 6) is -1.64. The Balaban J connectivity index is 2.02. The predicted octanol–water partition coefficient (Wildman–Crippen LogP) is 2.71. The molecule has 0 bridgehead atoms. The monoisotopic (exact) mass is 342 g/mol. The predicted molar refractivity (Wildman–Crippen MR) is 88.6 cm³/mol. The number of halogens is 1. The number of hydrogen-bond acceptors (Lipinski definition) is 4. The number of carbonyl (C=O) groups excluding carboxylic acids is 3. The zero-order valence-electron chi connectivity index (χ0n) is 12.2. The van der Waals surface area contributed by atoms with Crippen LogP contribution >= 0.6 is 11.6 Å². The molecule has 4 amide bonds. The van der Waals surface area contributed by atoms with E-state index in [0.717, 1.165) is 4.90 Å². The number of barbiturate groups is 1. The molecule has 0 unspecified atom stereocenters. The van der Waals surface area contributed by atoms with Crippen molar-refractivity contribution in [3.05, 3.63) is 64.7 Å². The highest BCUT2D eigenvalue weighted by Gasteiger charge is 2.36. The third-order valence-electron chi connectivity index (χ3n) is 3.40. The van der Waals surface area contributed by atoms with Crippen molar-refractivity contribution in [3.63, 3.8) is 0 Å². The van der Waals surface area contributed by atoms with Gasteiger partial charge in [0, 0.05) is 0 Å². The topological polar surface area (TPSA) is 86.7 Å². The van der Waals surface area contributed by atoms with Gasteiger partial charge in [0.05, 0.1) is 10.7 Å². The minimum atomic E-state index is -0.808. The Kier molecular flexibility index (Phi) is 4.05. The molecule has 7 heteroatoms. The summed E-state index contributed by atoms with van der Waals surface area (Å²) in [6.07, 6.45) is 1.31. The van der Waals surface area contributed by atoms with Crippen LogP contribution in [0.4, 0.5) is 10.5 Å². The lowest BCUT2D eigenvalue weighted by Crippen LogP contribution is -2.54. The molecular formula is C17H11ClN2O4. The average Bonchev–Trinajstić information content (AvgIpc) is 2.55. The van der Waals surface area contributed by atoms with Crippen molar-refractivity contribution < 1.29 is 19.5 Å². The molecule has 0 aromatic heterocycles. The molecule has 24 heavy (non-hydrogen) atoms. The number of hydrogen-bond donors (Lipinski definition) is 2. The van der Waals surface area contributed by atoms with Gasteiger partial charge < -0.3 is 5.11 Å². The van der Waals surface area contributed by atoms with E-state index >= 15 is 0 Å². The summed E-state index contributed by atoms with van der Waals surface area (Å²) < 4.78 is 0. The van der Waals surface area contributed by atoms with E-state index in [0.29, 0.717) is 11.3 Å². The lowest BCUT2D eigenvalue weighted by atomic mass is 10.1. The van der Waals surface area contributed by atoms with Gasteiger partial charge in [-0.05, 0) is 35.9 Å². The Hall–Kier alpha value is -3.12. The van der Waals surface area contributed by atoms with Crippen LogP contribution in [-0.4, -0.2) is 23.0 Å². The van der Waals surface area contributed by atoms with Crippen LogP contribution in [-0.2, 0) is 9.59 Å². The summed E-state index contributed by atoms with van der Waals surface area (Å²) in [5, 5.41) is 11.6. The van der Waals surface area contributed by atoms with Gasteiger partial charge in [-0.1, -0.05) is 35.9 Å². The van der Waals surface area contributed by atoms with E-state index in [-0.39, 0.29) is 16.3 Å². The number of carbonyl (C=O) groups is 3. The Labute approximate surface area is 142 Å². The summed E-state index contributed by atoms with van der Waals surface area (Å²) >= 11 is 5.82. The lowest BCUT2D eigenvalue weighted by molar-refractivity contribution is -0.122. The van der Waals surface area contributed by atoms with Crippen molar-refractivity contribution in [3.8, 4) is 5.75 Å². The van der Waals surface area contributed by atoms with Crippen LogP contribution in [0.5, 0.6) is 5.75 Å². The van der Waals surface area contributed by atoms with E-state index in [1.54, 1.807) is 30.3 Å². The average molecular weight is 343 g/mol. The van der Waals surface area contributed by atoms with Crippen molar-refractivity contribution in [2.45, 2.75) is 0 Å². The normalized spacial score (nSPS) is 16.5. The zero-order chi connectivity index (χ0) is 17.3. The fourth-order valence-electron chi connectivity index (χ4n) is 2.25. The van der Waals surface area contributed by atoms with Crippen molar-refractivity contribution in [2.75, 3.05) is 4.90 Å². The van der Waals surface area contributed by atoms with Crippen LogP contribution in [0.2, 0.25) is 5.02 Å². The van der Waals surface area contributed by atoms with E-state index in [1.807, 2.05) is 0 Å². The van der Waals surface area contributed by atoms with Crippen LogP contribution in [0.3, 0.4) is 0 Å². The number of phenols is 1. The van der Waals surface area contributed by atoms with Crippen LogP contribution in [0, 0.1) is 0 Å². The van der Waals surface area contributed by atoms with Crippen LogP contribution in [0.1, 0.15) is 5.56 Å². The molecule has 0 spiro atoms. The minimum absolute atomic E-state index is 0.0870. The molecule has 0 saturated carbocycles. The molecule has 2 aromatic carbocycles. The minimum Gasteiger partial charge on any atom is -0.506 e. The first kappa shape index (κ1) is 15.8. The summed E-state index contributed by atoms with van der Waals surface area (Å²) in [6.45, 7) is 0. The first-order chi connectivity index (χ1) is 11.5. The van der Waals surface area contributed by atoms with Gasteiger partial charge in [0.15, 0.2) is 0 Å². The number of amides is 4. The highest BCUT2D eigenvalue weighted by Crippen LogP contribution is 2.26. The molecule has 6 nitrogen and oxygen atoms in total. The Morgan fingerprint density at radius 2 is 1.75 bits per heavy atom. The molecule has 1 saturated heterocycles. The van der Waals surface area contributed by atoms with Crippen molar-refractivity contribution in [1.82, 2.24) is 5.32 Å². The first-order valence-electron chi connectivity index (χ1n) is 6.92. The summed E-state index contributed by atoms with van der Waals surface area (Å²) in [4.78, 5) is 37.5. The number of aromatic hydroxyl groups is 1. The molecule has 0 radical (unpaired) electrons. The highest BCUT2D eigenvalue weighted by atomic mass is 35.5. The molecular weight excluding hydrogens is 332 g/mol. The van der Waals surface area contributed by atoms with Gasteiger partial charge >= 0.3 is 6.03 Å². The molecule has 2 N–H and O–H groups in total. The van der Waals surface area contributed by atoms with Crippen LogP contribution in [0.25, 0.3) is 6.08 Å². The number of urea groups is 1. The maximum atomic E-state index is 12.6. The number of rotatable bonds is 2. The highest BCUT2D eigenvalue weighted by molar-refractivity contribution is 6.39. The molecule has 2 aromatic rings. The Bertz CT molecular complexity index is 877. The third-order valence-corrected chi connectivity index (χ3v) is 3.70. The van der Waals surface area contributed by atoms with E-state index in [4.69, 9.17) is 11.6 Å². The van der Waals surface area contributed by atoms with E-state index < -0.39 is 17.8 Å². The fraction of sp³-hybridized carbons (Fsp3) is 0. The maximum Gasteiger partial charge on any atom is 0.335 e. The summed E-state index contributed by atoms with van der Waals surface area (Å²) in [7, 11) is 0. The molecule has 1 heterocycles. The first-order valence-corrected chi connectivity index (χ1v) is 7.30. The SMILES string of the molecule is O=C1NC(=O)N(c2ccccc2)C(=O)/C1=C/c1ccc(O)c(Cl)c1. The molecule has 1 aliphatic heterocycles. The van der Waals surface area contributed by atoms with Crippen LogP contribution < -0.4 is 10.2 Å². The number of phenolic OH excluding ortho intramolecular Hbond substituents is 1. The van der Waals surface area contributed by atoms with Crippen molar-refractivity contribution >= 4 is 41.2 Å². The molecule has 3 rings (SSSR count). The number of benzene rings is 2. The number of imide groups is 2. The zero-order valence-corrected chi connectivity index (χ0v) is 12.9. The number of para-hydroxylation sites is 1. The summed E-state index contributed by atoms with van der Waals surface area (Å²) in [5.41, 5.74) is 0.584. The van der Waals surface area contributed by atoms with Crippen molar-refractivity contribution in [2.24, 2.45) is 0 Å². The quantitative estimate of drug-likeness (QED) is 0.649. The molecule has 0 aliphatic carbocycles.